The fraction of sp³-hybridized carbons (Fsp3) is 0.538. The standard InChI is InChI=1S/C13H18Cl2N2/c1-8(2)7-17(10-3-4-10)13-11(14)5-9(16)6-12(13)15/h5-6,8,10H,3-4,7,16H2,1-2H3. The van der Waals surface area contributed by atoms with Crippen molar-refractivity contribution in [3.05, 3.63) is 22.2 Å². The van der Waals surface area contributed by atoms with E-state index in [1.165, 1.54) is 12.8 Å². The van der Waals surface area contributed by atoms with E-state index in [-0.39, 0.29) is 0 Å². The molecule has 0 radical (unpaired) electrons. The summed E-state index contributed by atoms with van der Waals surface area (Å²) in [7, 11) is 0. The number of hydrogen-bond acceptors (Lipinski definition) is 2. The molecule has 17 heavy (non-hydrogen) atoms. The third-order valence-electron chi connectivity index (χ3n) is 2.88. The molecule has 0 aromatic heterocycles. The van der Waals surface area contributed by atoms with Crippen molar-refractivity contribution in [2.45, 2.75) is 32.7 Å². The largest absolute Gasteiger partial charge is 0.399 e. The Kier molecular flexibility index (Phi) is 3.74. The SMILES string of the molecule is CC(C)CN(c1c(Cl)cc(N)cc1Cl)C1CC1. The van der Waals surface area contributed by atoms with Crippen LogP contribution < -0.4 is 10.6 Å². The summed E-state index contributed by atoms with van der Waals surface area (Å²) in [5.41, 5.74) is 7.29. The average molecular weight is 273 g/mol. The Hall–Kier alpha value is -0.600. The second kappa shape index (κ2) is 4.95. The number of nitrogen functional groups attached to an aromatic ring is 1. The molecule has 0 heterocycles. The molecule has 1 fully saturated rings. The molecular formula is C13H18Cl2N2. The minimum absolute atomic E-state index is 0.584. The highest BCUT2D eigenvalue weighted by atomic mass is 35.5. The predicted octanol–water partition coefficient (Wildman–Crippen LogP) is 4.20. The number of nitrogens with two attached hydrogens (primary N) is 1. The van der Waals surface area contributed by atoms with Crippen LogP contribution in [0.1, 0.15) is 26.7 Å². The van der Waals surface area contributed by atoms with Crippen LogP contribution in [0.15, 0.2) is 12.1 Å². The molecule has 0 bridgehead atoms. The summed E-state index contributed by atoms with van der Waals surface area (Å²) in [6.07, 6.45) is 2.45. The van der Waals surface area contributed by atoms with Crippen molar-refractivity contribution in [2.24, 2.45) is 5.92 Å². The molecule has 2 rings (SSSR count). The van der Waals surface area contributed by atoms with Crippen molar-refractivity contribution in [3.8, 4) is 0 Å². The van der Waals surface area contributed by atoms with Gasteiger partial charge in [0.2, 0.25) is 0 Å². The number of nitrogens with zero attached hydrogens (tertiary/aromatic N) is 1. The Morgan fingerprint density at radius 3 is 2.24 bits per heavy atom. The number of anilines is 2. The van der Waals surface area contributed by atoms with Gasteiger partial charge in [0.05, 0.1) is 15.7 Å². The van der Waals surface area contributed by atoms with E-state index < -0.39 is 0 Å². The fourth-order valence-corrected chi connectivity index (χ4v) is 2.78. The lowest BCUT2D eigenvalue weighted by Crippen LogP contribution is -2.30. The molecule has 0 spiro atoms. The molecule has 1 aliphatic carbocycles. The highest BCUT2D eigenvalue weighted by Crippen LogP contribution is 2.41. The molecule has 0 atom stereocenters. The van der Waals surface area contributed by atoms with Crippen LogP contribution in [0.5, 0.6) is 0 Å². The van der Waals surface area contributed by atoms with Crippen molar-refractivity contribution in [3.63, 3.8) is 0 Å². The summed E-state index contributed by atoms with van der Waals surface area (Å²) < 4.78 is 0. The highest BCUT2D eigenvalue weighted by Gasteiger charge is 2.31. The molecule has 0 amide bonds. The molecule has 0 unspecified atom stereocenters. The van der Waals surface area contributed by atoms with E-state index in [2.05, 4.69) is 18.7 Å². The number of rotatable bonds is 4. The predicted molar refractivity (Wildman–Crippen MR) is 76.1 cm³/mol. The quantitative estimate of drug-likeness (QED) is 0.833. The van der Waals surface area contributed by atoms with Crippen LogP contribution in [0.2, 0.25) is 10.0 Å². The van der Waals surface area contributed by atoms with Gasteiger partial charge in [0.15, 0.2) is 0 Å². The van der Waals surface area contributed by atoms with Crippen LogP contribution in [-0.2, 0) is 0 Å². The third-order valence-corrected chi connectivity index (χ3v) is 3.45. The summed E-state index contributed by atoms with van der Waals surface area (Å²) in [5.74, 6) is 0.584. The molecule has 1 aromatic rings. The number of benzene rings is 1. The molecule has 4 heteroatoms. The van der Waals surface area contributed by atoms with Gasteiger partial charge in [-0.3, -0.25) is 0 Å². The molecular weight excluding hydrogens is 255 g/mol. The van der Waals surface area contributed by atoms with Gasteiger partial charge in [-0.1, -0.05) is 37.0 Å². The molecule has 0 saturated heterocycles. The van der Waals surface area contributed by atoms with Gasteiger partial charge in [-0.05, 0) is 30.9 Å². The molecule has 94 valence electrons. The van der Waals surface area contributed by atoms with Crippen LogP contribution >= 0.6 is 23.2 Å². The smallest absolute Gasteiger partial charge is 0.0749 e. The van der Waals surface area contributed by atoms with Gasteiger partial charge < -0.3 is 10.6 Å². The Morgan fingerprint density at radius 1 is 1.29 bits per heavy atom. The van der Waals surface area contributed by atoms with E-state index in [1.807, 2.05) is 0 Å². The lowest BCUT2D eigenvalue weighted by atomic mass is 10.1. The minimum Gasteiger partial charge on any atom is -0.399 e. The topological polar surface area (TPSA) is 29.3 Å². The maximum Gasteiger partial charge on any atom is 0.0749 e. The molecule has 2 nitrogen and oxygen atoms in total. The van der Waals surface area contributed by atoms with Crippen LogP contribution in [0.4, 0.5) is 11.4 Å². The number of halogens is 2. The van der Waals surface area contributed by atoms with Gasteiger partial charge in [-0.15, -0.1) is 0 Å². The van der Waals surface area contributed by atoms with E-state index in [0.29, 0.717) is 27.7 Å². The maximum atomic E-state index is 6.28. The average Bonchev–Trinajstić information content (AvgIpc) is 2.96. The van der Waals surface area contributed by atoms with Crippen molar-refractivity contribution in [1.82, 2.24) is 0 Å². The summed E-state index contributed by atoms with van der Waals surface area (Å²) in [6.45, 7) is 5.39. The lowest BCUT2D eigenvalue weighted by Gasteiger charge is -2.28. The minimum atomic E-state index is 0.584. The van der Waals surface area contributed by atoms with Crippen molar-refractivity contribution in [2.75, 3.05) is 17.2 Å². The van der Waals surface area contributed by atoms with Gasteiger partial charge in [0.1, 0.15) is 0 Å². The second-order valence-corrected chi connectivity index (χ2v) is 5.92. The van der Waals surface area contributed by atoms with Gasteiger partial charge >= 0.3 is 0 Å². The van der Waals surface area contributed by atoms with Gasteiger partial charge in [-0.2, -0.15) is 0 Å². The van der Waals surface area contributed by atoms with Gasteiger partial charge in [0.25, 0.3) is 0 Å². The van der Waals surface area contributed by atoms with Crippen LogP contribution in [0.25, 0.3) is 0 Å². The molecule has 0 aliphatic heterocycles. The Morgan fingerprint density at radius 2 is 1.82 bits per heavy atom. The van der Waals surface area contributed by atoms with Crippen LogP contribution in [0.3, 0.4) is 0 Å². The Labute approximate surface area is 113 Å². The van der Waals surface area contributed by atoms with Crippen molar-refractivity contribution >= 4 is 34.6 Å². The van der Waals surface area contributed by atoms with E-state index >= 15 is 0 Å². The zero-order valence-corrected chi connectivity index (χ0v) is 11.7. The van der Waals surface area contributed by atoms with Crippen molar-refractivity contribution in [1.29, 1.82) is 0 Å². The zero-order chi connectivity index (χ0) is 12.6. The molecule has 1 saturated carbocycles. The fourth-order valence-electron chi connectivity index (χ4n) is 2.06. The first kappa shape index (κ1) is 12.8. The third kappa shape index (κ3) is 2.99. The van der Waals surface area contributed by atoms with Gasteiger partial charge in [-0.25, -0.2) is 0 Å². The van der Waals surface area contributed by atoms with Crippen molar-refractivity contribution < 1.29 is 0 Å². The summed E-state index contributed by atoms with van der Waals surface area (Å²) in [4.78, 5) is 2.33. The molecule has 1 aromatic carbocycles. The van der Waals surface area contributed by atoms with Crippen LogP contribution in [0, 0.1) is 5.92 Å². The lowest BCUT2D eigenvalue weighted by molar-refractivity contribution is 0.607. The normalized spacial score (nSPS) is 15.4. The summed E-state index contributed by atoms with van der Waals surface area (Å²) >= 11 is 12.6. The van der Waals surface area contributed by atoms with E-state index in [0.717, 1.165) is 12.2 Å². The monoisotopic (exact) mass is 272 g/mol. The number of hydrogen-bond donors (Lipinski definition) is 1. The first-order valence-corrected chi connectivity index (χ1v) is 6.75. The Balaban J connectivity index is 2.35. The van der Waals surface area contributed by atoms with E-state index in [4.69, 9.17) is 28.9 Å². The highest BCUT2D eigenvalue weighted by molar-refractivity contribution is 6.39. The maximum absolute atomic E-state index is 6.28. The second-order valence-electron chi connectivity index (χ2n) is 5.11. The van der Waals surface area contributed by atoms with E-state index in [9.17, 15) is 0 Å². The molecule has 2 N–H and O–H groups in total. The zero-order valence-electron chi connectivity index (χ0n) is 10.2. The van der Waals surface area contributed by atoms with E-state index in [1.54, 1.807) is 12.1 Å². The Bertz CT molecular complexity index is 391. The first-order chi connectivity index (χ1) is 7.99. The molecule has 1 aliphatic rings. The summed E-state index contributed by atoms with van der Waals surface area (Å²) in [5, 5.41) is 1.31. The van der Waals surface area contributed by atoms with Crippen LogP contribution in [-0.4, -0.2) is 12.6 Å². The first-order valence-electron chi connectivity index (χ1n) is 6.00. The summed E-state index contributed by atoms with van der Waals surface area (Å²) in [6, 6.07) is 4.15. The van der Waals surface area contributed by atoms with Gasteiger partial charge in [0, 0.05) is 18.3 Å².